The zero-order chi connectivity index (χ0) is 13.8. The van der Waals surface area contributed by atoms with Crippen LogP contribution in [0.15, 0.2) is 28.7 Å². The Balaban J connectivity index is 2.33. The van der Waals surface area contributed by atoms with E-state index < -0.39 is 5.92 Å². The Morgan fingerprint density at radius 1 is 1.58 bits per heavy atom. The molecule has 0 N–H and O–H groups in total. The lowest BCUT2D eigenvalue weighted by atomic mass is 10.0. The lowest BCUT2D eigenvalue weighted by molar-refractivity contribution is 0.0978. The highest BCUT2D eigenvalue weighted by atomic mass is 32.2. The van der Waals surface area contributed by atoms with Gasteiger partial charge in [0.15, 0.2) is 11.7 Å². The van der Waals surface area contributed by atoms with Crippen LogP contribution in [-0.4, -0.2) is 22.0 Å². The van der Waals surface area contributed by atoms with Gasteiger partial charge in [-0.15, -0.1) is 23.1 Å². The molecule has 2 aromatic heterocycles. The third-order valence-corrected chi connectivity index (χ3v) is 4.17. The summed E-state index contributed by atoms with van der Waals surface area (Å²) < 4.78 is 0. The highest BCUT2D eigenvalue weighted by Gasteiger charge is 2.24. The minimum absolute atomic E-state index is 0.227. The molecule has 6 heteroatoms. The molecular formula is C13H11N3OS2. The number of aromatic nitrogens is 2. The fraction of sp³-hybridized carbons (Fsp3) is 0.231. The molecule has 0 saturated heterocycles. The van der Waals surface area contributed by atoms with Crippen molar-refractivity contribution in [3.8, 4) is 6.07 Å². The summed E-state index contributed by atoms with van der Waals surface area (Å²) in [5.41, 5.74) is 1.33. The van der Waals surface area contributed by atoms with Crippen LogP contribution in [0.1, 0.15) is 27.0 Å². The first kappa shape index (κ1) is 13.7. The fourth-order valence-electron chi connectivity index (χ4n) is 1.57. The van der Waals surface area contributed by atoms with Crippen LogP contribution in [-0.2, 0) is 0 Å². The molecule has 96 valence electrons. The van der Waals surface area contributed by atoms with Gasteiger partial charge in [0.1, 0.15) is 5.01 Å². The number of nitriles is 1. The fourth-order valence-corrected chi connectivity index (χ4v) is 2.82. The number of hydrogen-bond donors (Lipinski definition) is 0. The lowest BCUT2D eigenvalue weighted by Gasteiger charge is -2.05. The Morgan fingerprint density at radius 2 is 2.37 bits per heavy atom. The highest BCUT2D eigenvalue weighted by molar-refractivity contribution is 7.98. The van der Waals surface area contributed by atoms with Crippen molar-refractivity contribution in [2.45, 2.75) is 17.9 Å². The molecule has 0 spiro atoms. The maximum atomic E-state index is 12.4. The molecule has 0 aliphatic heterocycles. The summed E-state index contributed by atoms with van der Waals surface area (Å²) >= 11 is 2.80. The number of ketones is 1. The van der Waals surface area contributed by atoms with Gasteiger partial charge in [0.2, 0.25) is 0 Å². The molecule has 0 aliphatic carbocycles. The molecule has 2 rings (SSSR count). The zero-order valence-corrected chi connectivity index (χ0v) is 12.1. The molecule has 0 amide bonds. The first-order valence-corrected chi connectivity index (χ1v) is 7.62. The summed E-state index contributed by atoms with van der Waals surface area (Å²) in [7, 11) is 0. The summed E-state index contributed by atoms with van der Waals surface area (Å²) in [4.78, 5) is 20.7. The van der Waals surface area contributed by atoms with E-state index in [0.717, 1.165) is 10.7 Å². The Kier molecular flexibility index (Phi) is 4.30. The van der Waals surface area contributed by atoms with Crippen molar-refractivity contribution in [2.75, 3.05) is 6.26 Å². The average molecular weight is 289 g/mol. The minimum Gasteiger partial charge on any atom is -0.292 e. The van der Waals surface area contributed by atoms with Gasteiger partial charge in [0, 0.05) is 22.8 Å². The standard InChI is InChI=1S/C13H11N3OS2/c1-8-7-19-13(16-8)10(6-14)12(17)9-3-4-15-11(5-9)18-2/h3-5,7,10H,1-2H3/t10-/m1/s1. The third kappa shape index (κ3) is 3.00. The number of carbonyl (C=O) groups excluding carboxylic acids is 1. The van der Waals surface area contributed by atoms with Crippen LogP contribution >= 0.6 is 23.1 Å². The van der Waals surface area contributed by atoms with Crippen molar-refractivity contribution in [1.82, 2.24) is 9.97 Å². The van der Waals surface area contributed by atoms with Gasteiger partial charge < -0.3 is 0 Å². The predicted octanol–water partition coefficient (Wildman–Crippen LogP) is 3.06. The Morgan fingerprint density at radius 3 is 2.95 bits per heavy atom. The number of pyridine rings is 1. The Bertz CT molecular complexity index is 645. The highest BCUT2D eigenvalue weighted by Crippen LogP contribution is 2.24. The van der Waals surface area contributed by atoms with Crippen LogP contribution in [0.3, 0.4) is 0 Å². The number of thiazole rings is 1. The summed E-state index contributed by atoms with van der Waals surface area (Å²) in [6.45, 7) is 1.84. The van der Waals surface area contributed by atoms with E-state index in [1.54, 1.807) is 18.3 Å². The maximum Gasteiger partial charge on any atom is 0.187 e. The number of carbonyl (C=O) groups is 1. The predicted molar refractivity (Wildman–Crippen MR) is 75.6 cm³/mol. The molecule has 0 saturated carbocycles. The van der Waals surface area contributed by atoms with E-state index in [4.69, 9.17) is 0 Å². The van der Waals surface area contributed by atoms with Gasteiger partial charge in [-0.2, -0.15) is 5.26 Å². The minimum atomic E-state index is -0.837. The molecule has 0 unspecified atom stereocenters. The van der Waals surface area contributed by atoms with E-state index in [0.29, 0.717) is 10.6 Å². The molecule has 0 aliphatic rings. The first-order valence-electron chi connectivity index (χ1n) is 5.51. The van der Waals surface area contributed by atoms with Gasteiger partial charge in [-0.1, -0.05) is 0 Å². The second-order valence-electron chi connectivity index (χ2n) is 3.84. The van der Waals surface area contributed by atoms with Gasteiger partial charge in [-0.25, -0.2) is 9.97 Å². The normalized spacial score (nSPS) is 11.8. The van der Waals surface area contributed by atoms with Crippen LogP contribution in [0.4, 0.5) is 0 Å². The van der Waals surface area contributed by atoms with Crippen LogP contribution in [0.5, 0.6) is 0 Å². The summed E-state index contributed by atoms with van der Waals surface area (Å²) in [6, 6.07) is 5.38. The average Bonchev–Trinajstić information content (AvgIpc) is 2.86. The van der Waals surface area contributed by atoms with Gasteiger partial charge in [0.05, 0.1) is 11.1 Å². The smallest absolute Gasteiger partial charge is 0.187 e. The van der Waals surface area contributed by atoms with Crippen molar-refractivity contribution in [3.05, 3.63) is 40.0 Å². The summed E-state index contributed by atoms with van der Waals surface area (Å²) in [6.07, 6.45) is 3.48. The SMILES string of the molecule is CSc1cc(C(=O)[C@@H](C#N)c2nc(C)cs2)ccn1. The van der Waals surface area contributed by atoms with Crippen molar-refractivity contribution in [2.24, 2.45) is 0 Å². The van der Waals surface area contributed by atoms with Crippen LogP contribution in [0, 0.1) is 18.3 Å². The molecular weight excluding hydrogens is 278 g/mol. The van der Waals surface area contributed by atoms with Crippen LogP contribution in [0.2, 0.25) is 0 Å². The zero-order valence-electron chi connectivity index (χ0n) is 10.5. The molecule has 0 bridgehead atoms. The van der Waals surface area contributed by atoms with E-state index >= 15 is 0 Å². The molecule has 2 heterocycles. The second-order valence-corrected chi connectivity index (χ2v) is 5.56. The molecule has 19 heavy (non-hydrogen) atoms. The van der Waals surface area contributed by atoms with Crippen molar-refractivity contribution in [3.63, 3.8) is 0 Å². The number of nitrogens with zero attached hydrogens (tertiary/aromatic N) is 3. The van der Waals surface area contributed by atoms with Gasteiger partial charge in [0.25, 0.3) is 0 Å². The summed E-state index contributed by atoms with van der Waals surface area (Å²) in [5.74, 6) is -1.06. The molecule has 0 aromatic carbocycles. The van der Waals surface area contributed by atoms with Gasteiger partial charge >= 0.3 is 0 Å². The molecule has 2 aromatic rings. The topological polar surface area (TPSA) is 66.6 Å². The third-order valence-electron chi connectivity index (χ3n) is 2.50. The van der Waals surface area contributed by atoms with E-state index in [-0.39, 0.29) is 5.78 Å². The molecule has 1 atom stereocenters. The molecule has 4 nitrogen and oxygen atoms in total. The number of hydrogen-bond acceptors (Lipinski definition) is 6. The maximum absolute atomic E-state index is 12.4. The number of Topliss-reactive ketones (excluding diaryl/α,β-unsaturated/α-hetero) is 1. The van der Waals surface area contributed by atoms with E-state index in [1.807, 2.05) is 24.6 Å². The van der Waals surface area contributed by atoms with Crippen molar-refractivity contribution >= 4 is 28.9 Å². The van der Waals surface area contributed by atoms with E-state index in [9.17, 15) is 10.1 Å². The Hall–Kier alpha value is -1.71. The number of aryl methyl sites for hydroxylation is 1. The van der Waals surface area contributed by atoms with Crippen molar-refractivity contribution in [1.29, 1.82) is 5.26 Å². The van der Waals surface area contributed by atoms with Gasteiger partial charge in [-0.05, 0) is 25.3 Å². The van der Waals surface area contributed by atoms with E-state index in [2.05, 4.69) is 9.97 Å². The molecule has 0 radical (unpaired) electrons. The van der Waals surface area contributed by atoms with Crippen molar-refractivity contribution < 1.29 is 4.79 Å². The number of rotatable bonds is 4. The van der Waals surface area contributed by atoms with Gasteiger partial charge in [-0.3, -0.25) is 4.79 Å². The Labute approximate surface area is 119 Å². The number of thioether (sulfide) groups is 1. The second kappa shape index (κ2) is 5.95. The monoisotopic (exact) mass is 289 g/mol. The van der Waals surface area contributed by atoms with E-state index in [1.165, 1.54) is 23.1 Å². The van der Waals surface area contributed by atoms with Crippen LogP contribution in [0.25, 0.3) is 0 Å². The van der Waals surface area contributed by atoms with Crippen LogP contribution < -0.4 is 0 Å². The lowest BCUT2D eigenvalue weighted by Crippen LogP contribution is -2.11. The molecule has 0 fully saturated rings. The largest absolute Gasteiger partial charge is 0.292 e. The first-order chi connectivity index (χ1) is 9.15. The quantitative estimate of drug-likeness (QED) is 0.639. The summed E-state index contributed by atoms with van der Waals surface area (Å²) in [5, 5.41) is 12.4.